The van der Waals surface area contributed by atoms with Gasteiger partial charge in [-0.2, -0.15) is 0 Å². The molecule has 0 spiro atoms. The first-order valence-electron chi connectivity index (χ1n) is 3.40. The lowest BCUT2D eigenvalue weighted by atomic mass is 10.3. The van der Waals surface area contributed by atoms with Crippen LogP contribution < -0.4 is 0 Å². The molecule has 0 heterocycles. The van der Waals surface area contributed by atoms with E-state index in [1.165, 1.54) is 29.4 Å². The summed E-state index contributed by atoms with van der Waals surface area (Å²) in [5, 5.41) is 12.0. The standard InChI is InChI=1S/C8H6ClNO2S/c9-5-6-13-8-3-1-7(2-4-8)10(11)12/h1-6H. The van der Waals surface area contributed by atoms with Crippen molar-refractivity contribution in [2.24, 2.45) is 0 Å². The highest BCUT2D eigenvalue weighted by molar-refractivity contribution is 8.02. The summed E-state index contributed by atoms with van der Waals surface area (Å²) in [4.78, 5) is 10.8. The van der Waals surface area contributed by atoms with Gasteiger partial charge in [-0.05, 0) is 17.5 Å². The van der Waals surface area contributed by atoms with Gasteiger partial charge in [-0.1, -0.05) is 23.4 Å². The fourth-order valence-corrected chi connectivity index (χ4v) is 1.41. The fraction of sp³-hybridized carbons (Fsp3) is 0. The zero-order valence-electron chi connectivity index (χ0n) is 6.51. The summed E-state index contributed by atoms with van der Waals surface area (Å²) in [7, 11) is 0. The number of halogens is 1. The van der Waals surface area contributed by atoms with E-state index in [9.17, 15) is 10.1 Å². The Bertz CT molecular complexity index is 323. The first-order chi connectivity index (χ1) is 6.24. The second-order valence-corrected chi connectivity index (χ2v) is 3.36. The minimum absolute atomic E-state index is 0.0965. The maximum absolute atomic E-state index is 10.3. The van der Waals surface area contributed by atoms with Gasteiger partial charge in [-0.3, -0.25) is 10.1 Å². The number of rotatable bonds is 3. The molecule has 0 fully saturated rings. The predicted molar refractivity (Wildman–Crippen MR) is 53.9 cm³/mol. The molecule has 68 valence electrons. The lowest BCUT2D eigenvalue weighted by molar-refractivity contribution is -0.384. The summed E-state index contributed by atoms with van der Waals surface area (Å²) in [6.07, 6.45) is 0. The summed E-state index contributed by atoms with van der Waals surface area (Å²) in [5.41, 5.74) is 1.49. The summed E-state index contributed by atoms with van der Waals surface area (Å²) < 4.78 is 0. The quantitative estimate of drug-likeness (QED) is 0.441. The smallest absolute Gasteiger partial charge is 0.258 e. The summed E-state index contributed by atoms with van der Waals surface area (Å²) in [6.45, 7) is 0. The Balaban J connectivity index is 2.75. The Hall–Kier alpha value is -1.00. The van der Waals surface area contributed by atoms with Crippen LogP contribution in [0.4, 0.5) is 5.69 Å². The molecule has 0 saturated heterocycles. The third-order valence-corrected chi connectivity index (χ3v) is 2.39. The van der Waals surface area contributed by atoms with Crippen molar-refractivity contribution < 1.29 is 4.92 Å². The van der Waals surface area contributed by atoms with E-state index >= 15 is 0 Å². The first-order valence-corrected chi connectivity index (χ1v) is 4.72. The highest BCUT2D eigenvalue weighted by Gasteiger charge is 2.02. The van der Waals surface area contributed by atoms with Crippen LogP contribution in [0.1, 0.15) is 0 Å². The highest BCUT2D eigenvalue weighted by Crippen LogP contribution is 2.22. The number of nitro benzene ring substituents is 1. The van der Waals surface area contributed by atoms with Gasteiger partial charge in [0, 0.05) is 22.6 Å². The van der Waals surface area contributed by atoms with Crippen LogP contribution in [-0.4, -0.2) is 4.92 Å². The fourth-order valence-electron chi connectivity index (χ4n) is 0.751. The van der Waals surface area contributed by atoms with Gasteiger partial charge in [0.2, 0.25) is 0 Å². The molecule has 0 saturated carbocycles. The third kappa shape index (κ3) is 3.08. The van der Waals surface area contributed by atoms with E-state index in [1.807, 2.05) is 0 Å². The molecule has 0 aliphatic carbocycles. The number of non-ortho nitro benzene ring substituents is 1. The maximum atomic E-state index is 10.3. The molecular formula is C8H6ClNO2S. The van der Waals surface area contributed by atoms with E-state index in [4.69, 9.17) is 11.6 Å². The average molecular weight is 216 g/mol. The van der Waals surface area contributed by atoms with E-state index in [-0.39, 0.29) is 5.69 Å². The van der Waals surface area contributed by atoms with Gasteiger partial charge in [-0.15, -0.1) is 0 Å². The molecule has 3 nitrogen and oxygen atoms in total. The van der Waals surface area contributed by atoms with Crippen molar-refractivity contribution in [3.05, 3.63) is 45.3 Å². The number of hydrogen-bond donors (Lipinski definition) is 0. The minimum Gasteiger partial charge on any atom is -0.258 e. The van der Waals surface area contributed by atoms with Crippen molar-refractivity contribution in [1.82, 2.24) is 0 Å². The Morgan fingerprint density at radius 1 is 1.38 bits per heavy atom. The van der Waals surface area contributed by atoms with Gasteiger partial charge in [0.15, 0.2) is 0 Å². The molecule has 1 rings (SSSR count). The van der Waals surface area contributed by atoms with E-state index in [0.717, 1.165) is 4.90 Å². The molecule has 0 N–H and O–H groups in total. The molecule has 0 atom stereocenters. The number of benzene rings is 1. The molecule has 5 heteroatoms. The largest absolute Gasteiger partial charge is 0.269 e. The monoisotopic (exact) mass is 215 g/mol. The Morgan fingerprint density at radius 3 is 2.46 bits per heavy atom. The Kier molecular flexibility index (Phi) is 3.79. The highest BCUT2D eigenvalue weighted by atomic mass is 35.5. The van der Waals surface area contributed by atoms with Crippen LogP contribution in [0.2, 0.25) is 0 Å². The topological polar surface area (TPSA) is 43.1 Å². The molecule has 0 aliphatic rings. The van der Waals surface area contributed by atoms with Crippen LogP contribution in [0.5, 0.6) is 0 Å². The third-order valence-electron chi connectivity index (χ3n) is 1.30. The van der Waals surface area contributed by atoms with Crippen LogP contribution in [0.3, 0.4) is 0 Å². The normalized spacial score (nSPS) is 10.5. The van der Waals surface area contributed by atoms with Crippen molar-refractivity contribution in [3.63, 3.8) is 0 Å². The first kappa shape index (κ1) is 10.1. The summed E-state index contributed by atoms with van der Waals surface area (Å²) in [6, 6.07) is 6.29. The van der Waals surface area contributed by atoms with Gasteiger partial charge >= 0.3 is 0 Å². The van der Waals surface area contributed by atoms with Gasteiger partial charge < -0.3 is 0 Å². The summed E-state index contributed by atoms with van der Waals surface area (Å²) >= 11 is 6.73. The number of nitro groups is 1. The van der Waals surface area contributed by atoms with Crippen molar-refractivity contribution in [1.29, 1.82) is 0 Å². The van der Waals surface area contributed by atoms with Crippen LogP contribution in [0, 0.1) is 10.1 Å². The van der Waals surface area contributed by atoms with Crippen molar-refractivity contribution >= 4 is 29.1 Å². The molecule has 13 heavy (non-hydrogen) atoms. The molecule has 0 amide bonds. The molecule has 0 aliphatic heterocycles. The second kappa shape index (κ2) is 4.89. The second-order valence-electron chi connectivity index (χ2n) is 2.13. The molecular weight excluding hydrogens is 210 g/mol. The molecule has 0 aromatic heterocycles. The predicted octanol–water partition coefficient (Wildman–Crippen LogP) is 3.40. The van der Waals surface area contributed by atoms with Crippen LogP contribution >= 0.6 is 23.4 Å². The van der Waals surface area contributed by atoms with Crippen LogP contribution in [-0.2, 0) is 0 Å². The zero-order chi connectivity index (χ0) is 9.68. The number of hydrogen-bond acceptors (Lipinski definition) is 3. The number of thioether (sulfide) groups is 1. The van der Waals surface area contributed by atoms with Crippen molar-refractivity contribution in [2.45, 2.75) is 4.90 Å². The average Bonchev–Trinajstić information content (AvgIpc) is 2.15. The Morgan fingerprint density at radius 2 is 2.00 bits per heavy atom. The zero-order valence-corrected chi connectivity index (χ0v) is 8.09. The van der Waals surface area contributed by atoms with Crippen LogP contribution in [0.25, 0.3) is 0 Å². The lowest BCUT2D eigenvalue weighted by Gasteiger charge is -1.94. The van der Waals surface area contributed by atoms with Crippen molar-refractivity contribution in [3.8, 4) is 0 Å². The molecule has 0 bridgehead atoms. The molecule has 1 aromatic rings. The SMILES string of the molecule is O=[N+]([O-])c1ccc(SC=CCl)cc1. The summed E-state index contributed by atoms with van der Waals surface area (Å²) in [5.74, 6) is 0. The van der Waals surface area contributed by atoms with Gasteiger partial charge in [0.05, 0.1) is 4.92 Å². The molecule has 1 aromatic carbocycles. The van der Waals surface area contributed by atoms with Crippen LogP contribution in [0.15, 0.2) is 40.1 Å². The van der Waals surface area contributed by atoms with E-state index in [2.05, 4.69) is 0 Å². The number of nitrogens with zero attached hydrogens (tertiary/aromatic N) is 1. The van der Waals surface area contributed by atoms with Gasteiger partial charge in [0.25, 0.3) is 5.69 Å². The van der Waals surface area contributed by atoms with Gasteiger partial charge in [-0.25, -0.2) is 0 Å². The lowest BCUT2D eigenvalue weighted by Crippen LogP contribution is -1.85. The maximum Gasteiger partial charge on any atom is 0.269 e. The molecule has 0 unspecified atom stereocenters. The molecule has 0 radical (unpaired) electrons. The van der Waals surface area contributed by atoms with E-state index < -0.39 is 4.92 Å². The van der Waals surface area contributed by atoms with E-state index in [1.54, 1.807) is 17.5 Å². The van der Waals surface area contributed by atoms with Gasteiger partial charge in [0.1, 0.15) is 0 Å². The van der Waals surface area contributed by atoms with E-state index in [0.29, 0.717) is 0 Å². The van der Waals surface area contributed by atoms with Crippen molar-refractivity contribution in [2.75, 3.05) is 0 Å². The minimum atomic E-state index is -0.425. The Labute approximate surface area is 84.6 Å².